The maximum Gasteiger partial charge on any atom is 0.164 e. The lowest BCUT2D eigenvalue weighted by atomic mass is 10.2. The molecular weight excluding hydrogens is 417 g/mol. The van der Waals surface area contributed by atoms with Crippen LogP contribution in [-0.2, 0) is 0 Å². The molecule has 2 aromatic rings. The van der Waals surface area contributed by atoms with Crippen LogP contribution >= 0.6 is 69.0 Å². The van der Waals surface area contributed by atoms with Crippen LogP contribution in [0.4, 0.5) is 0 Å². The number of rotatable bonds is 1. The minimum absolute atomic E-state index is 0.289. The van der Waals surface area contributed by atoms with Gasteiger partial charge in [-0.05, 0) is 40.8 Å². The Labute approximate surface area is 131 Å². The molecule has 0 unspecified atom stereocenters. The van der Waals surface area contributed by atoms with Crippen LogP contribution in [-0.4, -0.2) is 9.97 Å². The molecule has 17 heavy (non-hydrogen) atoms. The van der Waals surface area contributed by atoms with Crippen LogP contribution < -0.4 is 0 Å². The van der Waals surface area contributed by atoms with Crippen molar-refractivity contribution in [3.63, 3.8) is 0 Å². The molecule has 2 nitrogen and oxygen atoms in total. The summed E-state index contributed by atoms with van der Waals surface area (Å²) in [5.74, 6) is 0.355. The lowest BCUT2D eigenvalue weighted by Crippen LogP contribution is -1.94. The van der Waals surface area contributed by atoms with Crippen molar-refractivity contribution in [1.82, 2.24) is 9.97 Å². The van der Waals surface area contributed by atoms with Crippen molar-refractivity contribution in [2.75, 3.05) is 0 Å². The molecule has 0 atom stereocenters. The number of benzene rings is 1. The molecule has 0 aliphatic heterocycles. The van der Waals surface area contributed by atoms with E-state index in [1.807, 2.05) is 22.6 Å². The first-order valence-electron chi connectivity index (χ1n) is 4.33. The molecule has 0 bridgehead atoms. The summed E-state index contributed by atoms with van der Waals surface area (Å²) in [5, 5.41) is 1.61. The Balaban J connectivity index is 2.64. The van der Waals surface area contributed by atoms with Gasteiger partial charge < -0.3 is 0 Å². The number of hydrogen-bond donors (Lipinski definition) is 0. The first-order chi connectivity index (χ1) is 7.99. The Kier molecular flexibility index (Phi) is 4.36. The minimum Gasteiger partial charge on any atom is -0.215 e. The molecule has 0 N–H and O–H groups in total. The second-order valence-electron chi connectivity index (χ2n) is 3.07. The summed E-state index contributed by atoms with van der Waals surface area (Å²) in [6.07, 6.45) is 0. The van der Waals surface area contributed by atoms with Crippen LogP contribution in [0.1, 0.15) is 0 Å². The first kappa shape index (κ1) is 13.6. The van der Waals surface area contributed by atoms with Gasteiger partial charge in [-0.25, -0.2) is 9.97 Å². The molecular formula is C10H3Cl4IN2. The molecule has 0 aliphatic carbocycles. The monoisotopic (exact) mass is 418 g/mol. The normalized spacial score (nSPS) is 10.6. The third kappa shape index (κ3) is 2.96. The fraction of sp³-hybridized carbons (Fsp3) is 0. The summed E-state index contributed by atoms with van der Waals surface area (Å²) in [7, 11) is 0. The molecule has 0 radical (unpaired) electrons. The van der Waals surface area contributed by atoms with E-state index in [-0.39, 0.29) is 10.3 Å². The summed E-state index contributed by atoms with van der Waals surface area (Å²) in [6, 6.07) is 5.02. The van der Waals surface area contributed by atoms with Gasteiger partial charge in [0.1, 0.15) is 10.3 Å². The average Bonchev–Trinajstić information content (AvgIpc) is 2.28. The van der Waals surface area contributed by atoms with E-state index in [1.165, 1.54) is 0 Å². The zero-order valence-electron chi connectivity index (χ0n) is 8.02. The van der Waals surface area contributed by atoms with E-state index in [4.69, 9.17) is 46.4 Å². The maximum atomic E-state index is 6.05. The molecule has 0 aliphatic rings. The Hall–Kier alpha value is 0.190. The van der Waals surface area contributed by atoms with Crippen LogP contribution in [0.25, 0.3) is 11.4 Å². The highest BCUT2D eigenvalue weighted by molar-refractivity contribution is 14.1. The van der Waals surface area contributed by atoms with E-state index in [2.05, 4.69) is 9.97 Å². The number of aromatic nitrogens is 2. The van der Waals surface area contributed by atoms with Gasteiger partial charge in [0.2, 0.25) is 0 Å². The van der Waals surface area contributed by atoms with Crippen LogP contribution in [0.3, 0.4) is 0 Å². The fourth-order valence-electron chi connectivity index (χ4n) is 1.18. The van der Waals surface area contributed by atoms with Gasteiger partial charge in [0, 0.05) is 10.6 Å². The highest BCUT2D eigenvalue weighted by Crippen LogP contribution is 2.31. The molecule has 0 saturated carbocycles. The third-order valence-electron chi connectivity index (χ3n) is 1.94. The lowest BCUT2D eigenvalue weighted by Gasteiger charge is -2.06. The minimum atomic E-state index is 0.289. The van der Waals surface area contributed by atoms with Gasteiger partial charge in [0.15, 0.2) is 5.82 Å². The van der Waals surface area contributed by atoms with Crippen LogP contribution in [0.15, 0.2) is 18.2 Å². The summed E-state index contributed by atoms with van der Waals surface area (Å²) in [5.41, 5.74) is 0.597. The number of nitrogens with zero attached hydrogens (tertiary/aromatic N) is 2. The van der Waals surface area contributed by atoms with Crippen molar-refractivity contribution in [3.05, 3.63) is 42.1 Å². The van der Waals surface area contributed by atoms with E-state index in [0.717, 1.165) is 0 Å². The Bertz CT molecular complexity index is 566. The summed E-state index contributed by atoms with van der Waals surface area (Å²) in [6.45, 7) is 0. The Morgan fingerprint density at radius 1 is 0.941 bits per heavy atom. The zero-order chi connectivity index (χ0) is 12.6. The number of halogens is 5. The molecule has 0 amide bonds. The molecule has 1 aromatic carbocycles. The highest BCUT2D eigenvalue weighted by Gasteiger charge is 2.13. The molecule has 7 heteroatoms. The van der Waals surface area contributed by atoms with Crippen molar-refractivity contribution in [3.8, 4) is 11.4 Å². The van der Waals surface area contributed by atoms with Crippen molar-refractivity contribution in [1.29, 1.82) is 0 Å². The highest BCUT2D eigenvalue weighted by atomic mass is 127. The summed E-state index contributed by atoms with van der Waals surface area (Å²) < 4.78 is 0.604. The standard InChI is InChI=1S/C10H3Cl4IN2/c11-4-1-2-6(12)5(3-4)10-16-8(13)7(15)9(14)17-10/h1-3H. The van der Waals surface area contributed by atoms with Gasteiger partial charge >= 0.3 is 0 Å². The second kappa shape index (κ2) is 5.45. The predicted molar refractivity (Wildman–Crippen MR) is 80.2 cm³/mol. The predicted octanol–water partition coefficient (Wildman–Crippen LogP) is 5.36. The molecule has 0 saturated heterocycles. The first-order valence-corrected chi connectivity index (χ1v) is 6.92. The maximum absolute atomic E-state index is 6.05. The summed E-state index contributed by atoms with van der Waals surface area (Å²) in [4.78, 5) is 8.25. The smallest absolute Gasteiger partial charge is 0.164 e. The molecule has 2 rings (SSSR count). The van der Waals surface area contributed by atoms with E-state index in [0.29, 0.717) is 25.0 Å². The second-order valence-corrected chi connectivity index (χ2v) is 5.71. The van der Waals surface area contributed by atoms with Crippen molar-refractivity contribution in [2.24, 2.45) is 0 Å². The van der Waals surface area contributed by atoms with Gasteiger partial charge in [-0.3, -0.25) is 0 Å². The average molecular weight is 420 g/mol. The molecule has 88 valence electrons. The van der Waals surface area contributed by atoms with Crippen molar-refractivity contribution in [2.45, 2.75) is 0 Å². The zero-order valence-corrected chi connectivity index (χ0v) is 13.2. The van der Waals surface area contributed by atoms with Gasteiger partial charge in [-0.15, -0.1) is 0 Å². The van der Waals surface area contributed by atoms with E-state index >= 15 is 0 Å². The van der Waals surface area contributed by atoms with Crippen LogP contribution in [0.5, 0.6) is 0 Å². The van der Waals surface area contributed by atoms with E-state index in [1.54, 1.807) is 18.2 Å². The molecule has 0 fully saturated rings. The van der Waals surface area contributed by atoms with Crippen molar-refractivity contribution >= 4 is 69.0 Å². The molecule has 1 heterocycles. The van der Waals surface area contributed by atoms with Gasteiger partial charge in [-0.2, -0.15) is 0 Å². The fourth-order valence-corrected chi connectivity index (χ4v) is 2.19. The Morgan fingerprint density at radius 2 is 1.53 bits per heavy atom. The van der Waals surface area contributed by atoms with E-state index < -0.39 is 0 Å². The van der Waals surface area contributed by atoms with Crippen molar-refractivity contribution < 1.29 is 0 Å². The molecule has 1 aromatic heterocycles. The quantitative estimate of drug-likeness (QED) is 0.459. The third-order valence-corrected chi connectivity index (χ3v) is 4.71. The summed E-state index contributed by atoms with van der Waals surface area (Å²) >= 11 is 25.8. The van der Waals surface area contributed by atoms with Crippen LogP contribution in [0.2, 0.25) is 20.4 Å². The number of hydrogen-bond acceptors (Lipinski definition) is 2. The topological polar surface area (TPSA) is 25.8 Å². The largest absolute Gasteiger partial charge is 0.215 e. The van der Waals surface area contributed by atoms with Crippen LogP contribution in [0, 0.1) is 3.57 Å². The SMILES string of the molecule is Clc1ccc(Cl)c(-c2nc(Cl)c(I)c(Cl)n2)c1. The van der Waals surface area contributed by atoms with Gasteiger partial charge in [0.25, 0.3) is 0 Å². The van der Waals surface area contributed by atoms with Gasteiger partial charge in [0.05, 0.1) is 8.59 Å². The molecule has 0 spiro atoms. The van der Waals surface area contributed by atoms with Gasteiger partial charge in [-0.1, -0.05) is 46.4 Å². The lowest BCUT2D eigenvalue weighted by molar-refractivity contribution is 1.16. The Morgan fingerprint density at radius 3 is 2.12 bits per heavy atom. The van der Waals surface area contributed by atoms with E-state index in [9.17, 15) is 0 Å².